The first-order valence-corrected chi connectivity index (χ1v) is 7.67. The summed E-state index contributed by atoms with van der Waals surface area (Å²) in [5, 5.41) is 5.75. The van der Waals surface area contributed by atoms with Gasteiger partial charge in [0, 0.05) is 20.5 Å². The van der Waals surface area contributed by atoms with Gasteiger partial charge in [0.2, 0.25) is 0 Å². The quantitative estimate of drug-likeness (QED) is 0.778. The third-order valence-electron chi connectivity index (χ3n) is 2.84. The monoisotopic (exact) mass is 357 g/mol. The average molecular weight is 357 g/mol. The maximum atomic E-state index is 3.63. The molecule has 0 fully saturated rings. The minimum Gasteiger partial charge on any atom is -0.303 e. The Morgan fingerprint density at radius 3 is 2.35 bits per heavy atom. The molecule has 0 amide bonds. The summed E-state index contributed by atoms with van der Waals surface area (Å²) < 4.78 is 1.28. The largest absolute Gasteiger partial charge is 0.303 e. The number of benzene rings is 1. The second-order valence-electron chi connectivity index (χ2n) is 4.18. The first-order valence-electron chi connectivity index (χ1n) is 5.71. The Hall–Kier alpha value is -0.390. The number of halogens is 1. The third kappa shape index (κ3) is 3.53. The zero-order valence-electron chi connectivity index (χ0n) is 9.98. The van der Waals surface area contributed by atoms with Crippen LogP contribution in [0.5, 0.6) is 0 Å². The lowest BCUT2D eigenvalue weighted by molar-refractivity contribution is 0.500. The van der Waals surface area contributed by atoms with Crippen LogP contribution in [-0.2, 0) is 0 Å². The Labute approximate surface area is 120 Å². The van der Waals surface area contributed by atoms with E-state index in [1.807, 2.05) is 0 Å². The van der Waals surface area contributed by atoms with E-state index in [-0.39, 0.29) is 0 Å². The number of hydrogen-bond donors (Lipinski definition) is 1. The van der Waals surface area contributed by atoms with Crippen molar-refractivity contribution < 1.29 is 0 Å². The van der Waals surface area contributed by atoms with Gasteiger partial charge < -0.3 is 5.32 Å². The first kappa shape index (κ1) is 13.1. The van der Waals surface area contributed by atoms with Crippen LogP contribution >= 0.6 is 33.9 Å². The molecule has 1 unspecified atom stereocenters. The van der Waals surface area contributed by atoms with Crippen molar-refractivity contribution in [3.63, 3.8) is 0 Å². The number of hydrogen-bond acceptors (Lipinski definition) is 2. The van der Waals surface area contributed by atoms with Gasteiger partial charge in [0.05, 0.1) is 0 Å². The summed E-state index contributed by atoms with van der Waals surface area (Å²) >= 11 is 4.14. The van der Waals surface area contributed by atoms with Crippen LogP contribution in [-0.4, -0.2) is 0 Å². The Balaban J connectivity index is 2.01. The predicted molar refractivity (Wildman–Crippen MR) is 83.4 cm³/mol. The molecule has 90 valence electrons. The second-order valence-corrected chi connectivity index (χ2v) is 6.40. The number of rotatable bonds is 4. The summed E-state index contributed by atoms with van der Waals surface area (Å²) in [7, 11) is 0. The molecule has 1 heterocycles. The van der Waals surface area contributed by atoms with Gasteiger partial charge in [-0.05, 0) is 65.6 Å². The van der Waals surface area contributed by atoms with E-state index in [1.54, 1.807) is 11.3 Å². The van der Waals surface area contributed by atoms with Gasteiger partial charge >= 0.3 is 0 Å². The van der Waals surface area contributed by atoms with Gasteiger partial charge in [0.15, 0.2) is 0 Å². The highest BCUT2D eigenvalue weighted by molar-refractivity contribution is 14.1. The average Bonchev–Trinajstić information content (AvgIpc) is 2.83. The zero-order chi connectivity index (χ0) is 12.3. The zero-order valence-corrected chi connectivity index (χ0v) is 13.0. The smallest absolute Gasteiger partial charge is 0.0391 e. The Morgan fingerprint density at radius 2 is 1.76 bits per heavy atom. The summed E-state index contributed by atoms with van der Waals surface area (Å²) in [4.78, 5) is 1.39. The lowest BCUT2D eigenvalue weighted by Gasteiger charge is -2.19. The number of thiophene rings is 1. The molecule has 2 atom stereocenters. The minimum absolute atomic E-state index is 0.379. The predicted octanol–water partition coefficient (Wildman–Crippen LogP) is 4.76. The molecule has 2 aromatic rings. The Morgan fingerprint density at radius 1 is 1.06 bits per heavy atom. The van der Waals surface area contributed by atoms with Crippen LogP contribution in [0.15, 0.2) is 41.8 Å². The van der Waals surface area contributed by atoms with Crippen LogP contribution in [0.2, 0.25) is 0 Å². The van der Waals surface area contributed by atoms with Crippen LogP contribution in [0.4, 0.5) is 0 Å². The highest BCUT2D eigenvalue weighted by Gasteiger charge is 2.11. The Bertz CT molecular complexity index is 450. The molecular formula is C14H16INS. The molecule has 2 rings (SSSR count). The molecule has 0 saturated heterocycles. The summed E-state index contributed by atoms with van der Waals surface area (Å²) in [6, 6.07) is 13.8. The van der Waals surface area contributed by atoms with Crippen LogP contribution < -0.4 is 5.32 Å². The van der Waals surface area contributed by atoms with Crippen molar-refractivity contribution in [1.29, 1.82) is 0 Å². The molecule has 1 N–H and O–H groups in total. The fraction of sp³-hybridized carbons (Fsp3) is 0.286. The normalized spacial score (nSPS) is 14.5. The van der Waals surface area contributed by atoms with Crippen molar-refractivity contribution in [2.45, 2.75) is 25.9 Å². The Kier molecular flexibility index (Phi) is 4.59. The molecule has 0 aliphatic carbocycles. The fourth-order valence-electron chi connectivity index (χ4n) is 1.84. The molecule has 17 heavy (non-hydrogen) atoms. The van der Waals surface area contributed by atoms with Crippen molar-refractivity contribution in [2.75, 3.05) is 0 Å². The van der Waals surface area contributed by atoms with Crippen molar-refractivity contribution in [1.82, 2.24) is 5.32 Å². The van der Waals surface area contributed by atoms with E-state index in [2.05, 4.69) is 83.5 Å². The van der Waals surface area contributed by atoms with E-state index < -0.39 is 0 Å². The molecule has 1 nitrogen and oxygen atoms in total. The van der Waals surface area contributed by atoms with Crippen molar-refractivity contribution in [3.05, 3.63) is 55.8 Å². The lowest BCUT2D eigenvalue weighted by Crippen LogP contribution is -2.21. The topological polar surface area (TPSA) is 12.0 Å². The highest BCUT2D eigenvalue weighted by Crippen LogP contribution is 2.22. The van der Waals surface area contributed by atoms with Crippen LogP contribution in [0.3, 0.4) is 0 Å². The van der Waals surface area contributed by atoms with E-state index in [1.165, 1.54) is 14.0 Å². The molecule has 0 aliphatic heterocycles. The van der Waals surface area contributed by atoms with E-state index in [0.717, 1.165) is 0 Å². The maximum absolute atomic E-state index is 3.63. The van der Waals surface area contributed by atoms with Gasteiger partial charge in [0.25, 0.3) is 0 Å². The van der Waals surface area contributed by atoms with Crippen LogP contribution in [0.1, 0.15) is 36.4 Å². The molecule has 1 aromatic carbocycles. The molecule has 0 aliphatic rings. The third-order valence-corrected chi connectivity index (χ3v) is 4.61. The first-order chi connectivity index (χ1) is 8.16. The van der Waals surface area contributed by atoms with Gasteiger partial charge in [-0.2, -0.15) is 0 Å². The molecule has 0 bridgehead atoms. The summed E-state index contributed by atoms with van der Waals surface area (Å²) in [6.45, 7) is 4.43. The van der Waals surface area contributed by atoms with Gasteiger partial charge in [-0.1, -0.05) is 18.2 Å². The standard InChI is InChI=1S/C14H16INS/c1-10(12-5-7-13(15)8-6-12)16-11(2)14-4-3-9-17-14/h3-11,16H,1-2H3/t10?,11-/m0/s1. The molecule has 0 saturated carbocycles. The molecule has 0 spiro atoms. The van der Waals surface area contributed by atoms with E-state index in [0.29, 0.717) is 12.1 Å². The minimum atomic E-state index is 0.379. The molecule has 1 aromatic heterocycles. The van der Waals surface area contributed by atoms with Crippen molar-refractivity contribution in [3.8, 4) is 0 Å². The maximum Gasteiger partial charge on any atom is 0.0391 e. The highest BCUT2D eigenvalue weighted by atomic mass is 127. The van der Waals surface area contributed by atoms with Crippen molar-refractivity contribution >= 4 is 33.9 Å². The fourth-order valence-corrected chi connectivity index (χ4v) is 2.95. The molecule has 0 radical (unpaired) electrons. The summed E-state index contributed by atoms with van der Waals surface area (Å²) in [5.41, 5.74) is 1.34. The summed E-state index contributed by atoms with van der Waals surface area (Å²) in [5.74, 6) is 0. The number of nitrogens with one attached hydrogen (secondary N) is 1. The van der Waals surface area contributed by atoms with Gasteiger partial charge in [-0.3, -0.25) is 0 Å². The van der Waals surface area contributed by atoms with Gasteiger partial charge in [0.1, 0.15) is 0 Å². The van der Waals surface area contributed by atoms with Crippen LogP contribution in [0, 0.1) is 3.57 Å². The van der Waals surface area contributed by atoms with Gasteiger partial charge in [-0.25, -0.2) is 0 Å². The van der Waals surface area contributed by atoms with E-state index in [4.69, 9.17) is 0 Å². The summed E-state index contributed by atoms with van der Waals surface area (Å²) in [6.07, 6.45) is 0. The van der Waals surface area contributed by atoms with Crippen molar-refractivity contribution in [2.24, 2.45) is 0 Å². The lowest BCUT2D eigenvalue weighted by atomic mass is 10.1. The van der Waals surface area contributed by atoms with E-state index in [9.17, 15) is 0 Å². The molecule has 3 heteroatoms. The SMILES string of the molecule is CC(N[C@@H](C)c1cccs1)c1ccc(I)cc1. The molecular weight excluding hydrogens is 341 g/mol. The van der Waals surface area contributed by atoms with Gasteiger partial charge in [-0.15, -0.1) is 11.3 Å². The second kappa shape index (κ2) is 5.98. The van der Waals surface area contributed by atoms with E-state index >= 15 is 0 Å². The van der Waals surface area contributed by atoms with Crippen LogP contribution in [0.25, 0.3) is 0 Å².